The number of aromatic nitrogens is 1. The fourth-order valence-electron chi connectivity index (χ4n) is 3.36. The third-order valence-electron chi connectivity index (χ3n) is 4.48. The van der Waals surface area contributed by atoms with Crippen molar-refractivity contribution in [2.75, 3.05) is 6.54 Å². The van der Waals surface area contributed by atoms with Crippen LogP contribution in [0.3, 0.4) is 0 Å². The molecule has 1 aliphatic heterocycles. The standard InChI is InChI=1S/C18H17FN2O2S/c1-11-3-2-4-13(9-11)24(22,23)18-17-14-10-12(19)5-6-15(14)21-16(17)7-8-20-18/h2-6,9-10,18,20-21H,7-8H2,1H3. The first-order valence-corrected chi connectivity index (χ1v) is 9.35. The summed E-state index contributed by atoms with van der Waals surface area (Å²) in [5, 5.41) is 2.85. The third-order valence-corrected chi connectivity index (χ3v) is 6.41. The van der Waals surface area contributed by atoms with E-state index in [0.717, 1.165) is 16.8 Å². The number of hydrogen-bond acceptors (Lipinski definition) is 3. The van der Waals surface area contributed by atoms with Gasteiger partial charge in [-0.2, -0.15) is 0 Å². The van der Waals surface area contributed by atoms with Crippen molar-refractivity contribution in [2.45, 2.75) is 23.6 Å². The molecule has 124 valence electrons. The Bertz CT molecular complexity index is 1040. The number of rotatable bonds is 2. The second kappa shape index (κ2) is 5.43. The maximum absolute atomic E-state index is 13.7. The molecule has 2 N–H and O–H groups in total. The van der Waals surface area contributed by atoms with Crippen molar-refractivity contribution in [1.82, 2.24) is 10.3 Å². The van der Waals surface area contributed by atoms with Gasteiger partial charge in [-0.25, -0.2) is 12.8 Å². The SMILES string of the molecule is Cc1cccc(S(=O)(=O)C2NCCc3[nH]c4ccc(F)cc4c32)c1. The lowest BCUT2D eigenvalue weighted by Crippen LogP contribution is -2.35. The van der Waals surface area contributed by atoms with E-state index in [4.69, 9.17) is 0 Å². The number of H-pyrrole nitrogens is 1. The molecule has 0 radical (unpaired) electrons. The van der Waals surface area contributed by atoms with Gasteiger partial charge in [-0.15, -0.1) is 0 Å². The molecule has 0 fully saturated rings. The van der Waals surface area contributed by atoms with Gasteiger partial charge in [-0.3, -0.25) is 5.32 Å². The van der Waals surface area contributed by atoms with Crippen molar-refractivity contribution in [1.29, 1.82) is 0 Å². The average Bonchev–Trinajstić information content (AvgIpc) is 2.92. The molecule has 4 rings (SSSR count). The maximum atomic E-state index is 13.7. The Morgan fingerprint density at radius 2 is 2.00 bits per heavy atom. The number of sulfone groups is 1. The van der Waals surface area contributed by atoms with Crippen molar-refractivity contribution in [3.8, 4) is 0 Å². The Kier molecular flexibility index (Phi) is 3.47. The summed E-state index contributed by atoms with van der Waals surface area (Å²) in [5.74, 6) is -0.374. The molecule has 0 bridgehead atoms. The van der Waals surface area contributed by atoms with Crippen LogP contribution in [0.2, 0.25) is 0 Å². The van der Waals surface area contributed by atoms with Crippen LogP contribution in [0.25, 0.3) is 10.9 Å². The molecule has 0 aliphatic carbocycles. The molecule has 1 unspecified atom stereocenters. The number of nitrogens with one attached hydrogen (secondary N) is 2. The fraction of sp³-hybridized carbons (Fsp3) is 0.222. The molecule has 2 aromatic carbocycles. The van der Waals surface area contributed by atoms with Crippen LogP contribution in [0, 0.1) is 12.7 Å². The maximum Gasteiger partial charge on any atom is 0.198 e. The van der Waals surface area contributed by atoms with Gasteiger partial charge in [0.25, 0.3) is 0 Å². The quantitative estimate of drug-likeness (QED) is 0.750. The predicted molar refractivity (Wildman–Crippen MR) is 91.1 cm³/mol. The summed E-state index contributed by atoms with van der Waals surface area (Å²) < 4.78 is 40.0. The highest BCUT2D eigenvalue weighted by molar-refractivity contribution is 7.91. The summed E-state index contributed by atoms with van der Waals surface area (Å²) in [4.78, 5) is 3.51. The van der Waals surface area contributed by atoms with Crippen LogP contribution in [0.4, 0.5) is 4.39 Å². The van der Waals surface area contributed by atoms with Gasteiger partial charge in [-0.05, 0) is 42.8 Å². The molecule has 0 spiro atoms. The Morgan fingerprint density at radius 1 is 1.17 bits per heavy atom. The monoisotopic (exact) mass is 344 g/mol. The Balaban J connectivity index is 1.93. The first kappa shape index (κ1) is 15.4. The van der Waals surface area contributed by atoms with E-state index in [1.54, 1.807) is 24.3 Å². The largest absolute Gasteiger partial charge is 0.358 e. The van der Waals surface area contributed by atoms with E-state index in [9.17, 15) is 12.8 Å². The van der Waals surface area contributed by atoms with E-state index >= 15 is 0 Å². The molecule has 4 nitrogen and oxygen atoms in total. The molecule has 24 heavy (non-hydrogen) atoms. The number of aromatic amines is 1. The zero-order chi connectivity index (χ0) is 16.9. The minimum Gasteiger partial charge on any atom is -0.358 e. The lowest BCUT2D eigenvalue weighted by Gasteiger charge is -2.25. The van der Waals surface area contributed by atoms with Gasteiger partial charge < -0.3 is 4.98 Å². The van der Waals surface area contributed by atoms with E-state index in [1.165, 1.54) is 12.1 Å². The lowest BCUT2D eigenvalue weighted by molar-refractivity contribution is 0.542. The van der Waals surface area contributed by atoms with Gasteiger partial charge in [-0.1, -0.05) is 12.1 Å². The first-order chi connectivity index (χ1) is 11.5. The summed E-state index contributed by atoms with van der Waals surface area (Å²) in [6.07, 6.45) is 0.686. The summed E-state index contributed by atoms with van der Waals surface area (Å²) in [7, 11) is -3.63. The van der Waals surface area contributed by atoms with Crippen molar-refractivity contribution >= 4 is 20.7 Å². The molecular weight excluding hydrogens is 327 g/mol. The van der Waals surface area contributed by atoms with Gasteiger partial charge in [0.1, 0.15) is 11.2 Å². The number of halogens is 1. The molecule has 0 saturated carbocycles. The van der Waals surface area contributed by atoms with Crippen LogP contribution in [0.15, 0.2) is 47.4 Å². The van der Waals surface area contributed by atoms with Crippen molar-refractivity contribution < 1.29 is 12.8 Å². The molecule has 0 amide bonds. The van der Waals surface area contributed by atoms with Crippen LogP contribution in [0.1, 0.15) is 22.2 Å². The van der Waals surface area contributed by atoms with Crippen molar-refractivity contribution in [2.24, 2.45) is 0 Å². The molecule has 2 heterocycles. The van der Waals surface area contributed by atoms with Crippen LogP contribution >= 0.6 is 0 Å². The number of hydrogen-bond donors (Lipinski definition) is 2. The lowest BCUT2D eigenvalue weighted by atomic mass is 10.1. The van der Waals surface area contributed by atoms with Gasteiger partial charge in [0, 0.05) is 35.1 Å². The Labute approximate surface area is 139 Å². The molecule has 3 aromatic rings. The van der Waals surface area contributed by atoms with Crippen LogP contribution in [0.5, 0.6) is 0 Å². The summed E-state index contributed by atoms with van der Waals surface area (Å²) in [5.41, 5.74) is 3.14. The van der Waals surface area contributed by atoms with Crippen LogP contribution < -0.4 is 5.32 Å². The highest BCUT2D eigenvalue weighted by Crippen LogP contribution is 2.37. The van der Waals surface area contributed by atoms with E-state index < -0.39 is 15.2 Å². The van der Waals surface area contributed by atoms with Gasteiger partial charge in [0.2, 0.25) is 0 Å². The topological polar surface area (TPSA) is 62.0 Å². The Morgan fingerprint density at radius 3 is 2.79 bits per heavy atom. The number of aryl methyl sites for hydroxylation is 1. The summed E-state index contributed by atoms with van der Waals surface area (Å²) in [6.45, 7) is 2.41. The second-order valence-electron chi connectivity index (χ2n) is 6.15. The normalized spacial score (nSPS) is 17.8. The summed E-state index contributed by atoms with van der Waals surface area (Å²) in [6, 6.07) is 11.3. The molecular formula is C18H17FN2O2S. The first-order valence-electron chi connectivity index (χ1n) is 7.81. The van der Waals surface area contributed by atoms with E-state index in [1.807, 2.05) is 13.0 Å². The number of benzene rings is 2. The minimum atomic E-state index is -3.63. The van der Waals surface area contributed by atoms with E-state index in [2.05, 4.69) is 10.3 Å². The molecule has 1 aromatic heterocycles. The highest BCUT2D eigenvalue weighted by atomic mass is 32.2. The van der Waals surface area contributed by atoms with Gasteiger partial charge in [0.05, 0.1) is 4.90 Å². The molecule has 0 saturated heterocycles. The molecule has 1 aliphatic rings. The zero-order valence-electron chi connectivity index (χ0n) is 13.1. The van der Waals surface area contributed by atoms with Crippen LogP contribution in [-0.4, -0.2) is 19.9 Å². The number of fused-ring (bicyclic) bond motifs is 3. The van der Waals surface area contributed by atoms with E-state index in [-0.39, 0.29) is 10.7 Å². The van der Waals surface area contributed by atoms with Crippen molar-refractivity contribution in [3.63, 3.8) is 0 Å². The summed E-state index contributed by atoms with van der Waals surface area (Å²) >= 11 is 0. The fourth-order valence-corrected chi connectivity index (χ4v) is 5.17. The highest BCUT2D eigenvalue weighted by Gasteiger charge is 2.35. The van der Waals surface area contributed by atoms with Crippen LogP contribution in [-0.2, 0) is 16.3 Å². The third kappa shape index (κ3) is 2.34. The zero-order valence-corrected chi connectivity index (χ0v) is 14.0. The average molecular weight is 344 g/mol. The minimum absolute atomic E-state index is 0.276. The Hall–Kier alpha value is -2.18. The second-order valence-corrected chi connectivity index (χ2v) is 8.19. The van der Waals surface area contributed by atoms with Crippen molar-refractivity contribution in [3.05, 3.63) is 65.1 Å². The van der Waals surface area contributed by atoms with Gasteiger partial charge in [0.15, 0.2) is 9.84 Å². The van der Waals surface area contributed by atoms with E-state index in [0.29, 0.717) is 23.9 Å². The predicted octanol–water partition coefficient (Wildman–Crippen LogP) is 3.23. The molecule has 6 heteroatoms. The molecule has 1 atom stereocenters. The van der Waals surface area contributed by atoms with Gasteiger partial charge >= 0.3 is 0 Å². The smallest absolute Gasteiger partial charge is 0.198 e.